The molecule has 0 saturated heterocycles. The van der Waals surface area contributed by atoms with Gasteiger partial charge in [0.15, 0.2) is 0 Å². The Bertz CT molecular complexity index is 617. The number of anilines is 1. The number of hydrogen-bond acceptors (Lipinski definition) is 3. The van der Waals surface area contributed by atoms with Crippen molar-refractivity contribution in [3.63, 3.8) is 0 Å². The highest BCUT2D eigenvalue weighted by Gasteiger charge is 2.11. The highest BCUT2D eigenvalue weighted by Crippen LogP contribution is 2.22. The SMILES string of the molecule is CCc1nc(Cc2ccc(F)cc2F)nc(N)c1Br. The van der Waals surface area contributed by atoms with E-state index in [2.05, 4.69) is 25.9 Å². The molecule has 3 nitrogen and oxygen atoms in total. The molecular formula is C13H12BrF2N3. The monoisotopic (exact) mass is 327 g/mol. The van der Waals surface area contributed by atoms with E-state index in [0.717, 1.165) is 11.8 Å². The smallest absolute Gasteiger partial charge is 0.141 e. The van der Waals surface area contributed by atoms with Gasteiger partial charge < -0.3 is 5.73 Å². The number of rotatable bonds is 3. The number of nitrogen functional groups attached to an aromatic ring is 1. The molecule has 0 aliphatic rings. The molecule has 1 aromatic heterocycles. The number of nitrogens with zero attached hydrogens (tertiary/aromatic N) is 2. The average molecular weight is 328 g/mol. The summed E-state index contributed by atoms with van der Waals surface area (Å²) in [5.74, 6) is -0.470. The van der Waals surface area contributed by atoms with Gasteiger partial charge in [-0.25, -0.2) is 18.7 Å². The first-order chi connectivity index (χ1) is 9.01. The van der Waals surface area contributed by atoms with Crippen LogP contribution >= 0.6 is 15.9 Å². The molecule has 0 aliphatic heterocycles. The number of hydrogen-bond donors (Lipinski definition) is 1. The lowest BCUT2D eigenvalue weighted by atomic mass is 10.1. The molecule has 0 radical (unpaired) electrons. The van der Waals surface area contributed by atoms with E-state index in [1.54, 1.807) is 0 Å². The van der Waals surface area contributed by atoms with E-state index in [1.165, 1.54) is 12.1 Å². The first-order valence-corrected chi connectivity index (χ1v) is 6.55. The second kappa shape index (κ2) is 5.61. The maximum absolute atomic E-state index is 13.6. The van der Waals surface area contributed by atoms with Gasteiger partial charge in [-0.1, -0.05) is 13.0 Å². The lowest BCUT2D eigenvalue weighted by molar-refractivity contribution is 0.573. The van der Waals surface area contributed by atoms with Gasteiger partial charge in [0.2, 0.25) is 0 Å². The van der Waals surface area contributed by atoms with Crippen LogP contribution in [-0.2, 0) is 12.8 Å². The van der Waals surface area contributed by atoms with E-state index in [4.69, 9.17) is 5.73 Å². The Labute approximate surface area is 118 Å². The van der Waals surface area contributed by atoms with Crippen LogP contribution in [0.3, 0.4) is 0 Å². The summed E-state index contributed by atoms with van der Waals surface area (Å²) in [4.78, 5) is 8.41. The van der Waals surface area contributed by atoms with E-state index in [0.29, 0.717) is 28.1 Å². The van der Waals surface area contributed by atoms with Gasteiger partial charge in [0, 0.05) is 12.5 Å². The standard InChI is InChI=1S/C13H12BrF2N3/c1-2-10-12(14)13(17)19-11(18-10)5-7-3-4-8(15)6-9(7)16/h3-4,6H,2,5H2,1H3,(H2,17,18,19). The lowest BCUT2D eigenvalue weighted by Crippen LogP contribution is -2.06. The van der Waals surface area contributed by atoms with Crippen molar-refractivity contribution in [3.05, 3.63) is 51.4 Å². The Balaban J connectivity index is 2.35. The number of aryl methyl sites for hydroxylation is 1. The van der Waals surface area contributed by atoms with Crippen LogP contribution in [-0.4, -0.2) is 9.97 Å². The van der Waals surface area contributed by atoms with Crippen molar-refractivity contribution in [2.24, 2.45) is 0 Å². The van der Waals surface area contributed by atoms with Crippen LogP contribution in [0.4, 0.5) is 14.6 Å². The van der Waals surface area contributed by atoms with Crippen LogP contribution in [0.15, 0.2) is 22.7 Å². The van der Waals surface area contributed by atoms with E-state index in [1.807, 2.05) is 6.92 Å². The zero-order valence-electron chi connectivity index (χ0n) is 10.3. The van der Waals surface area contributed by atoms with Crippen molar-refractivity contribution >= 4 is 21.7 Å². The first kappa shape index (κ1) is 13.9. The molecule has 0 amide bonds. The minimum absolute atomic E-state index is 0.177. The summed E-state index contributed by atoms with van der Waals surface area (Å²) in [6.45, 7) is 1.94. The Morgan fingerprint density at radius 2 is 2.00 bits per heavy atom. The van der Waals surface area contributed by atoms with Crippen molar-refractivity contribution in [1.29, 1.82) is 0 Å². The van der Waals surface area contributed by atoms with Gasteiger partial charge in [0.1, 0.15) is 23.3 Å². The molecule has 0 bridgehead atoms. The molecule has 19 heavy (non-hydrogen) atoms. The van der Waals surface area contributed by atoms with Gasteiger partial charge >= 0.3 is 0 Å². The highest BCUT2D eigenvalue weighted by atomic mass is 79.9. The van der Waals surface area contributed by atoms with Gasteiger partial charge in [0.05, 0.1) is 10.2 Å². The molecule has 0 atom stereocenters. The van der Waals surface area contributed by atoms with Crippen molar-refractivity contribution in [2.45, 2.75) is 19.8 Å². The Morgan fingerprint density at radius 3 is 2.63 bits per heavy atom. The largest absolute Gasteiger partial charge is 0.383 e. The average Bonchev–Trinajstić information content (AvgIpc) is 2.37. The van der Waals surface area contributed by atoms with Crippen LogP contribution in [0.25, 0.3) is 0 Å². The second-order valence-electron chi connectivity index (χ2n) is 4.05. The van der Waals surface area contributed by atoms with Gasteiger partial charge in [-0.15, -0.1) is 0 Å². The minimum Gasteiger partial charge on any atom is -0.383 e. The summed E-state index contributed by atoms with van der Waals surface area (Å²) in [5, 5.41) is 0. The number of nitrogens with two attached hydrogens (primary N) is 1. The number of benzene rings is 1. The molecule has 0 aliphatic carbocycles. The van der Waals surface area contributed by atoms with Crippen LogP contribution in [0.1, 0.15) is 24.0 Å². The Morgan fingerprint density at radius 1 is 1.26 bits per heavy atom. The number of halogens is 3. The quantitative estimate of drug-likeness (QED) is 0.941. The summed E-state index contributed by atoms with van der Waals surface area (Å²) < 4.78 is 27.1. The third kappa shape index (κ3) is 3.07. The van der Waals surface area contributed by atoms with Gasteiger partial charge in [-0.3, -0.25) is 0 Å². The molecule has 6 heteroatoms. The summed E-state index contributed by atoms with van der Waals surface area (Å²) >= 11 is 3.31. The van der Waals surface area contributed by atoms with E-state index >= 15 is 0 Å². The summed E-state index contributed by atoms with van der Waals surface area (Å²) in [5.41, 5.74) is 6.87. The zero-order chi connectivity index (χ0) is 14.0. The maximum Gasteiger partial charge on any atom is 0.141 e. The molecule has 1 heterocycles. The molecule has 2 N–H and O–H groups in total. The third-order valence-corrected chi connectivity index (χ3v) is 3.55. The van der Waals surface area contributed by atoms with Crippen molar-refractivity contribution < 1.29 is 8.78 Å². The van der Waals surface area contributed by atoms with Crippen molar-refractivity contribution in [1.82, 2.24) is 9.97 Å². The second-order valence-corrected chi connectivity index (χ2v) is 4.84. The molecule has 2 aromatic rings. The third-order valence-electron chi connectivity index (χ3n) is 2.69. The normalized spacial score (nSPS) is 10.7. The Hall–Kier alpha value is -1.56. The van der Waals surface area contributed by atoms with Crippen LogP contribution in [0.5, 0.6) is 0 Å². The summed E-state index contributed by atoms with van der Waals surface area (Å²) in [6, 6.07) is 3.44. The predicted octanol–water partition coefficient (Wildman–Crippen LogP) is 3.25. The van der Waals surface area contributed by atoms with Gasteiger partial charge in [-0.2, -0.15) is 0 Å². The Kier molecular flexibility index (Phi) is 4.09. The van der Waals surface area contributed by atoms with Gasteiger partial charge in [0.25, 0.3) is 0 Å². The molecule has 2 rings (SSSR count). The van der Waals surface area contributed by atoms with E-state index in [9.17, 15) is 8.78 Å². The molecule has 0 fully saturated rings. The fraction of sp³-hybridized carbons (Fsp3) is 0.231. The fourth-order valence-electron chi connectivity index (χ4n) is 1.71. The van der Waals surface area contributed by atoms with Crippen molar-refractivity contribution in [2.75, 3.05) is 5.73 Å². The predicted molar refractivity (Wildman–Crippen MR) is 72.7 cm³/mol. The minimum atomic E-state index is -0.608. The summed E-state index contributed by atoms with van der Waals surface area (Å²) in [7, 11) is 0. The maximum atomic E-state index is 13.6. The topological polar surface area (TPSA) is 51.8 Å². The van der Waals surface area contributed by atoms with E-state index in [-0.39, 0.29) is 6.42 Å². The van der Waals surface area contributed by atoms with Crippen LogP contribution in [0, 0.1) is 11.6 Å². The highest BCUT2D eigenvalue weighted by molar-refractivity contribution is 9.10. The molecule has 0 saturated carbocycles. The zero-order valence-corrected chi connectivity index (χ0v) is 11.8. The van der Waals surface area contributed by atoms with Crippen LogP contribution in [0.2, 0.25) is 0 Å². The molecule has 1 aromatic carbocycles. The van der Waals surface area contributed by atoms with Gasteiger partial charge in [-0.05, 0) is 34.0 Å². The van der Waals surface area contributed by atoms with Crippen LogP contribution < -0.4 is 5.73 Å². The molecule has 0 spiro atoms. The molecular weight excluding hydrogens is 316 g/mol. The molecule has 100 valence electrons. The van der Waals surface area contributed by atoms with Crippen molar-refractivity contribution in [3.8, 4) is 0 Å². The summed E-state index contributed by atoms with van der Waals surface area (Å²) in [6.07, 6.45) is 0.864. The fourth-order valence-corrected chi connectivity index (χ4v) is 2.17. The van der Waals surface area contributed by atoms with E-state index < -0.39 is 11.6 Å². The molecule has 0 unspecified atom stereocenters. The lowest BCUT2D eigenvalue weighted by Gasteiger charge is -2.08. The first-order valence-electron chi connectivity index (χ1n) is 5.76. The number of aromatic nitrogens is 2.